The van der Waals surface area contributed by atoms with Gasteiger partial charge < -0.3 is 19.9 Å². The summed E-state index contributed by atoms with van der Waals surface area (Å²) in [6, 6.07) is 17.1. The first kappa shape index (κ1) is 15.4. The van der Waals surface area contributed by atoms with Gasteiger partial charge in [0.1, 0.15) is 6.10 Å². The molecule has 0 bridgehead atoms. The Bertz CT molecular complexity index is 545. The maximum absolute atomic E-state index is 10.4. The van der Waals surface area contributed by atoms with Crippen LogP contribution in [-0.4, -0.2) is 31.9 Å². The molecule has 21 heavy (non-hydrogen) atoms. The van der Waals surface area contributed by atoms with Gasteiger partial charge in [-0.2, -0.15) is 0 Å². The highest BCUT2D eigenvalue weighted by molar-refractivity contribution is 5.40. The minimum absolute atomic E-state index is 0.439. The van der Waals surface area contributed by atoms with E-state index in [1.165, 1.54) is 0 Å². The summed E-state index contributed by atoms with van der Waals surface area (Å²) >= 11 is 0. The molecule has 0 fully saturated rings. The Morgan fingerprint density at radius 1 is 1.00 bits per heavy atom. The molecule has 2 aromatic rings. The summed E-state index contributed by atoms with van der Waals surface area (Å²) in [5.41, 5.74) is 0.922. The highest BCUT2D eigenvalue weighted by Crippen LogP contribution is 2.32. The van der Waals surface area contributed by atoms with Crippen LogP contribution >= 0.6 is 0 Å². The number of ether oxygens (including phenoxy) is 2. The van der Waals surface area contributed by atoms with Gasteiger partial charge in [0.25, 0.3) is 0 Å². The van der Waals surface area contributed by atoms with Crippen molar-refractivity contribution >= 4 is 0 Å². The van der Waals surface area contributed by atoms with Crippen molar-refractivity contribution in [2.24, 2.45) is 0 Å². The number of hydrogen-bond donors (Lipinski definition) is 2. The summed E-state index contributed by atoms with van der Waals surface area (Å²) in [4.78, 5) is 0. The van der Waals surface area contributed by atoms with E-state index >= 15 is 0 Å². The molecule has 4 nitrogen and oxygen atoms in total. The Morgan fingerprint density at radius 3 is 2.24 bits per heavy atom. The van der Waals surface area contributed by atoms with Crippen LogP contribution < -0.4 is 14.8 Å². The molecule has 0 heterocycles. The fourth-order valence-electron chi connectivity index (χ4n) is 2.18. The van der Waals surface area contributed by atoms with Crippen LogP contribution in [0.2, 0.25) is 0 Å². The van der Waals surface area contributed by atoms with Crippen molar-refractivity contribution in [3.63, 3.8) is 0 Å². The van der Waals surface area contributed by atoms with Gasteiger partial charge in [-0.1, -0.05) is 42.5 Å². The highest BCUT2D eigenvalue weighted by Gasteiger charge is 2.23. The van der Waals surface area contributed by atoms with Crippen molar-refractivity contribution in [1.29, 1.82) is 0 Å². The number of aliphatic hydroxyl groups is 1. The largest absolute Gasteiger partial charge is 0.493 e. The predicted molar refractivity (Wildman–Crippen MR) is 82.7 cm³/mol. The van der Waals surface area contributed by atoms with Crippen LogP contribution in [0.5, 0.6) is 11.5 Å². The second-order valence-corrected chi connectivity index (χ2v) is 4.73. The molecule has 2 N–H and O–H groups in total. The molecule has 0 saturated carbocycles. The van der Waals surface area contributed by atoms with Crippen molar-refractivity contribution < 1.29 is 14.6 Å². The molecule has 0 saturated heterocycles. The van der Waals surface area contributed by atoms with Crippen molar-refractivity contribution in [2.75, 3.05) is 20.7 Å². The SMILES string of the molecule is CNCC(O)C(Oc1ccccc1OC)c1ccccc1. The molecule has 4 heteroatoms. The van der Waals surface area contributed by atoms with Gasteiger partial charge in [-0.3, -0.25) is 0 Å². The van der Waals surface area contributed by atoms with Gasteiger partial charge >= 0.3 is 0 Å². The lowest BCUT2D eigenvalue weighted by molar-refractivity contribution is 0.0354. The van der Waals surface area contributed by atoms with Crippen LogP contribution in [0.4, 0.5) is 0 Å². The molecule has 0 spiro atoms. The van der Waals surface area contributed by atoms with Gasteiger partial charge in [0.2, 0.25) is 0 Å². The minimum atomic E-state index is -0.665. The van der Waals surface area contributed by atoms with E-state index in [2.05, 4.69) is 5.32 Å². The van der Waals surface area contributed by atoms with Gasteiger partial charge in [-0.05, 0) is 24.7 Å². The van der Waals surface area contributed by atoms with E-state index in [0.29, 0.717) is 18.0 Å². The van der Waals surface area contributed by atoms with Gasteiger partial charge in [-0.25, -0.2) is 0 Å². The van der Waals surface area contributed by atoms with Crippen LogP contribution in [0.15, 0.2) is 54.6 Å². The normalized spacial score (nSPS) is 13.5. The molecule has 2 rings (SSSR count). The third-order valence-corrected chi connectivity index (χ3v) is 3.21. The number of likely N-dealkylation sites (N-methyl/N-ethyl adjacent to an activating group) is 1. The van der Waals surface area contributed by atoms with Crippen molar-refractivity contribution in [3.8, 4) is 11.5 Å². The number of para-hydroxylation sites is 2. The quantitative estimate of drug-likeness (QED) is 0.821. The molecule has 0 aliphatic carbocycles. The number of methoxy groups -OCH3 is 1. The number of rotatable bonds is 7. The Balaban J connectivity index is 2.28. The van der Waals surface area contributed by atoms with Crippen LogP contribution in [0.1, 0.15) is 11.7 Å². The topological polar surface area (TPSA) is 50.7 Å². The van der Waals surface area contributed by atoms with Gasteiger partial charge in [0.05, 0.1) is 7.11 Å². The summed E-state index contributed by atoms with van der Waals surface area (Å²) in [7, 11) is 3.40. The average Bonchev–Trinajstić information content (AvgIpc) is 2.54. The zero-order valence-electron chi connectivity index (χ0n) is 12.3. The molecular formula is C17H21NO3. The number of aliphatic hydroxyl groups excluding tert-OH is 1. The zero-order chi connectivity index (χ0) is 15.1. The molecule has 2 aromatic carbocycles. The second kappa shape index (κ2) is 7.67. The molecule has 0 amide bonds. The Labute approximate surface area is 125 Å². The standard InChI is InChI=1S/C17H21NO3/c1-18-12-14(19)17(13-8-4-3-5-9-13)21-16-11-7-6-10-15(16)20-2/h3-11,14,17-19H,12H2,1-2H3. The van der Waals surface area contributed by atoms with E-state index in [9.17, 15) is 5.11 Å². The lowest BCUT2D eigenvalue weighted by Crippen LogP contribution is -2.32. The van der Waals surface area contributed by atoms with Crippen LogP contribution in [0.3, 0.4) is 0 Å². The van der Waals surface area contributed by atoms with E-state index in [1.807, 2.05) is 54.6 Å². The molecule has 0 aliphatic heterocycles. The summed E-state index contributed by atoms with van der Waals surface area (Å²) in [6.07, 6.45) is -1.13. The molecule has 0 radical (unpaired) electrons. The van der Waals surface area contributed by atoms with Gasteiger partial charge in [-0.15, -0.1) is 0 Å². The maximum Gasteiger partial charge on any atom is 0.162 e. The summed E-state index contributed by atoms with van der Waals surface area (Å²) in [5.74, 6) is 1.26. The Hall–Kier alpha value is -2.04. The highest BCUT2D eigenvalue weighted by atomic mass is 16.5. The monoisotopic (exact) mass is 287 g/mol. The van der Waals surface area contributed by atoms with Crippen molar-refractivity contribution in [2.45, 2.75) is 12.2 Å². The third kappa shape index (κ3) is 3.97. The average molecular weight is 287 g/mol. The number of hydrogen-bond acceptors (Lipinski definition) is 4. The van der Waals surface area contributed by atoms with Crippen molar-refractivity contribution in [3.05, 3.63) is 60.2 Å². The Morgan fingerprint density at radius 2 is 1.62 bits per heavy atom. The van der Waals surface area contributed by atoms with Crippen LogP contribution in [0.25, 0.3) is 0 Å². The maximum atomic E-state index is 10.4. The zero-order valence-corrected chi connectivity index (χ0v) is 12.3. The second-order valence-electron chi connectivity index (χ2n) is 4.73. The number of benzene rings is 2. The molecule has 0 aliphatic rings. The lowest BCUT2D eigenvalue weighted by Gasteiger charge is -2.25. The first-order valence-corrected chi connectivity index (χ1v) is 6.93. The van der Waals surface area contributed by atoms with Gasteiger partial charge in [0.15, 0.2) is 17.6 Å². The first-order valence-electron chi connectivity index (χ1n) is 6.93. The van der Waals surface area contributed by atoms with Crippen LogP contribution in [0, 0.1) is 0 Å². The van der Waals surface area contributed by atoms with E-state index in [4.69, 9.17) is 9.47 Å². The minimum Gasteiger partial charge on any atom is -0.493 e. The smallest absolute Gasteiger partial charge is 0.162 e. The van der Waals surface area contributed by atoms with E-state index in [0.717, 1.165) is 5.56 Å². The molecule has 2 unspecified atom stereocenters. The fourth-order valence-corrected chi connectivity index (χ4v) is 2.18. The fraction of sp³-hybridized carbons (Fsp3) is 0.294. The third-order valence-electron chi connectivity index (χ3n) is 3.21. The van der Waals surface area contributed by atoms with Crippen LogP contribution in [-0.2, 0) is 0 Å². The molecule has 2 atom stereocenters. The Kier molecular flexibility index (Phi) is 5.60. The summed E-state index contributed by atoms with van der Waals surface area (Å²) in [6.45, 7) is 0.439. The molecule has 0 aromatic heterocycles. The lowest BCUT2D eigenvalue weighted by atomic mass is 10.0. The number of nitrogens with one attached hydrogen (secondary N) is 1. The predicted octanol–water partition coefficient (Wildman–Crippen LogP) is 2.40. The first-order chi connectivity index (χ1) is 10.3. The molecule has 112 valence electrons. The van der Waals surface area contributed by atoms with Crippen molar-refractivity contribution in [1.82, 2.24) is 5.32 Å². The summed E-state index contributed by atoms with van der Waals surface area (Å²) < 4.78 is 11.3. The molecular weight excluding hydrogens is 266 g/mol. The summed E-state index contributed by atoms with van der Waals surface area (Å²) in [5, 5.41) is 13.3. The van der Waals surface area contributed by atoms with Gasteiger partial charge in [0, 0.05) is 6.54 Å². The van der Waals surface area contributed by atoms with E-state index in [-0.39, 0.29) is 0 Å². The van der Waals surface area contributed by atoms with E-state index in [1.54, 1.807) is 14.2 Å². The van der Waals surface area contributed by atoms with E-state index < -0.39 is 12.2 Å².